The summed E-state index contributed by atoms with van der Waals surface area (Å²) in [6, 6.07) is 5.39. The van der Waals surface area contributed by atoms with Crippen LogP contribution in [0.15, 0.2) is 18.2 Å². The van der Waals surface area contributed by atoms with Gasteiger partial charge in [0.1, 0.15) is 12.4 Å². The number of rotatable bonds is 10. The molecule has 1 saturated heterocycles. The number of aryl methyl sites for hydroxylation is 1. The SMILES string of the molecule is CC(=O)OCc1ccc(CCCNC=O)cc1OC1CC(O)CC(C(=O)O)O1. The minimum Gasteiger partial charge on any atom is -0.479 e. The number of carbonyl (C=O) groups excluding carboxylic acids is 2. The lowest BCUT2D eigenvalue weighted by molar-refractivity contribution is -0.195. The summed E-state index contributed by atoms with van der Waals surface area (Å²) in [6.45, 7) is 1.83. The average molecular weight is 395 g/mol. The largest absolute Gasteiger partial charge is 0.479 e. The van der Waals surface area contributed by atoms with E-state index in [2.05, 4.69) is 5.32 Å². The van der Waals surface area contributed by atoms with Gasteiger partial charge in [0.05, 0.1) is 6.10 Å². The van der Waals surface area contributed by atoms with E-state index >= 15 is 0 Å². The maximum Gasteiger partial charge on any atom is 0.333 e. The molecule has 28 heavy (non-hydrogen) atoms. The summed E-state index contributed by atoms with van der Waals surface area (Å²) in [7, 11) is 0. The first-order chi connectivity index (χ1) is 13.4. The molecule has 0 saturated carbocycles. The fraction of sp³-hybridized carbons (Fsp3) is 0.526. The van der Waals surface area contributed by atoms with Crippen LogP contribution >= 0.6 is 0 Å². The molecule has 1 aliphatic heterocycles. The molecule has 3 atom stereocenters. The molecule has 154 valence electrons. The second-order valence-corrected chi connectivity index (χ2v) is 6.53. The van der Waals surface area contributed by atoms with E-state index in [1.165, 1.54) is 6.92 Å². The molecule has 0 spiro atoms. The maximum atomic E-state index is 11.2. The van der Waals surface area contributed by atoms with Crippen LogP contribution in [0.5, 0.6) is 5.75 Å². The Kier molecular flexibility index (Phi) is 8.21. The number of nitrogens with one attached hydrogen (secondary N) is 1. The van der Waals surface area contributed by atoms with Crippen LogP contribution in [0, 0.1) is 0 Å². The molecule has 0 bridgehead atoms. The van der Waals surface area contributed by atoms with Crippen molar-refractivity contribution in [3.05, 3.63) is 29.3 Å². The van der Waals surface area contributed by atoms with Gasteiger partial charge >= 0.3 is 11.9 Å². The highest BCUT2D eigenvalue weighted by molar-refractivity contribution is 5.72. The van der Waals surface area contributed by atoms with Gasteiger partial charge in [0.15, 0.2) is 6.10 Å². The summed E-state index contributed by atoms with van der Waals surface area (Å²) in [5.41, 5.74) is 1.53. The van der Waals surface area contributed by atoms with E-state index in [9.17, 15) is 19.5 Å². The third-order valence-corrected chi connectivity index (χ3v) is 4.23. The van der Waals surface area contributed by atoms with Crippen LogP contribution in [0.25, 0.3) is 0 Å². The Morgan fingerprint density at radius 3 is 2.82 bits per heavy atom. The van der Waals surface area contributed by atoms with Crippen molar-refractivity contribution in [3.63, 3.8) is 0 Å². The van der Waals surface area contributed by atoms with Crippen molar-refractivity contribution in [3.8, 4) is 5.75 Å². The molecule has 0 aliphatic carbocycles. The van der Waals surface area contributed by atoms with Gasteiger partial charge in [0, 0.05) is 31.9 Å². The van der Waals surface area contributed by atoms with Gasteiger partial charge in [-0.2, -0.15) is 0 Å². The van der Waals surface area contributed by atoms with Gasteiger partial charge in [-0.25, -0.2) is 4.79 Å². The Hall–Kier alpha value is -2.65. The molecule has 1 fully saturated rings. The van der Waals surface area contributed by atoms with Gasteiger partial charge in [-0.15, -0.1) is 0 Å². The van der Waals surface area contributed by atoms with E-state index in [1.807, 2.05) is 6.07 Å². The highest BCUT2D eigenvalue weighted by Crippen LogP contribution is 2.28. The minimum absolute atomic E-state index is 0.000724. The third-order valence-electron chi connectivity index (χ3n) is 4.23. The van der Waals surface area contributed by atoms with Crippen LogP contribution < -0.4 is 10.1 Å². The lowest BCUT2D eigenvalue weighted by Crippen LogP contribution is -2.42. The fourth-order valence-electron chi connectivity index (χ4n) is 2.85. The van der Waals surface area contributed by atoms with Crippen molar-refractivity contribution < 1.29 is 38.8 Å². The van der Waals surface area contributed by atoms with Crippen LogP contribution in [-0.2, 0) is 36.9 Å². The van der Waals surface area contributed by atoms with Gasteiger partial charge in [0.25, 0.3) is 0 Å². The van der Waals surface area contributed by atoms with Gasteiger partial charge in [-0.3, -0.25) is 9.59 Å². The van der Waals surface area contributed by atoms with Crippen molar-refractivity contribution >= 4 is 18.3 Å². The van der Waals surface area contributed by atoms with E-state index in [-0.39, 0.29) is 19.4 Å². The zero-order valence-electron chi connectivity index (χ0n) is 15.6. The Bertz CT molecular complexity index is 693. The number of carboxylic acid groups (broad SMARTS) is 1. The molecule has 1 aromatic rings. The molecule has 0 aromatic heterocycles. The van der Waals surface area contributed by atoms with Crippen molar-refractivity contribution in [2.24, 2.45) is 0 Å². The van der Waals surface area contributed by atoms with Crippen LogP contribution in [0.4, 0.5) is 0 Å². The summed E-state index contributed by atoms with van der Waals surface area (Å²) in [4.78, 5) is 32.6. The van der Waals surface area contributed by atoms with E-state index in [0.29, 0.717) is 30.7 Å². The molecule has 1 aromatic carbocycles. The zero-order chi connectivity index (χ0) is 20.5. The monoisotopic (exact) mass is 395 g/mol. The second kappa shape index (κ2) is 10.6. The summed E-state index contributed by atoms with van der Waals surface area (Å²) in [5, 5.41) is 21.7. The standard InChI is InChI=1S/C19H25NO8/c1-12(22)26-10-14-5-4-13(3-2-6-20-11-21)7-16(14)27-18-9-15(23)8-17(28-18)19(24)25/h4-5,7,11,15,17-18,23H,2-3,6,8-10H2,1H3,(H,20,21)(H,24,25). The van der Waals surface area contributed by atoms with E-state index in [4.69, 9.17) is 19.3 Å². The smallest absolute Gasteiger partial charge is 0.333 e. The Morgan fingerprint density at radius 2 is 2.14 bits per heavy atom. The first-order valence-electron chi connectivity index (χ1n) is 9.04. The second-order valence-electron chi connectivity index (χ2n) is 6.53. The van der Waals surface area contributed by atoms with Gasteiger partial charge in [0.2, 0.25) is 12.7 Å². The fourth-order valence-corrected chi connectivity index (χ4v) is 2.85. The van der Waals surface area contributed by atoms with Crippen LogP contribution in [-0.4, -0.2) is 53.6 Å². The maximum absolute atomic E-state index is 11.2. The van der Waals surface area contributed by atoms with E-state index < -0.39 is 30.4 Å². The van der Waals surface area contributed by atoms with Crippen molar-refractivity contribution in [2.45, 2.75) is 57.7 Å². The van der Waals surface area contributed by atoms with Crippen molar-refractivity contribution in [1.82, 2.24) is 5.32 Å². The molecule has 1 aliphatic rings. The highest BCUT2D eigenvalue weighted by atomic mass is 16.7. The Balaban J connectivity index is 2.13. The molecule has 1 heterocycles. The van der Waals surface area contributed by atoms with E-state index in [0.717, 1.165) is 12.0 Å². The summed E-state index contributed by atoms with van der Waals surface area (Å²) < 4.78 is 16.3. The zero-order valence-corrected chi connectivity index (χ0v) is 15.6. The number of hydrogen-bond donors (Lipinski definition) is 3. The molecule has 0 radical (unpaired) electrons. The molecular formula is C19H25NO8. The first-order valence-corrected chi connectivity index (χ1v) is 9.04. The normalized spacial score (nSPS) is 21.6. The number of ether oxygens (including phenoxy) is 3. The molecular weight excluding hydrogens is 370 g/mol. The molecule has 3 N–H and O–H groups in total. The van der Waals surface area contributed by atoms with Crippen LogP contribution in [0.3, 0.4) is 0 Å². The molecule has 2 rings (SSSR count). The molecule has 3 unspecified atom stereocenters. The lowest BCUT2D eigenvalue weighted by atomic mass is 10.0. The number of aliphatic hydroxyl groups is 1. The van der Waals surface area contributed by atoms with Crippen molar-refractivity contribution in [2.75, 3.05) is 6.54 Å². The molecule has 9 heteroatoms. The van der Waals surface area contributed by atoms with E-state index in [1.54, 1.807) is 12.1 Å². The topological polar surface area (TPSA) is 131 Å². The number of aliphatic carboxylic acids is 1. The number of carbonyl (C=O) groups is 3. The van der Waals surface area contributed by atoms with Crippen LogP contribution in [0.1, 0.15) is 37.3 Å². The van der Waals surface area contributed by atoms with Gasteiger partial charge < -0.3 is 29.7 Å². The first kappa shape index (κ1) is 21.6. The van der Waals surface area contributed by atoms with Gasteiger partial charge in [-0.05, 0) is 24.5 Å². The van der Waals surface area contributed by atoms with Crippen LogP contribution in [0.2, 0.25) is 0 Å². The predicted molar refractivity (Wildman–Crippen MR) is 96.5 cm³/mol. The number of esters is 1. The summed E-state index contributed by atoms with van der Waals surface area (Å²) in [5.74, 6) is -1.21. The molecule has 9 nitrogen and oxygen atoms in total. The average Bonchev–Trinajstić information content (AvgIpc) is 2.64. The Labute approximate surface area is 162 Å². The minimum atomic E-state index is -1.16. The highest BCUT2D eigenvalue weighted by Gasteiger charge is 2.34. The summed E-state index contributed by atoms with van der Waals surface area (Å²) in [6.07, 6.45) is -0.770. The number of aliphatic hydroxyl groups excluding tert-OH is 1. The molecule has 1 amide bonds. The third kappa shape index (κ3) is 6.82. The Morgan fingerprint density at radius 1 is 1.36 bits per heavy atom. The number of hydrogen-bond acceptors (Lipinski definition) is 7. The van der Waals surface area contributed by atoms with Gasteiger partial charge in [-0.1, -0.05) is 12.1 Å². The summed E-state index contributed by atoms with van der Waals surface area (Å²) >= 11 is 0. The quantitative estimate of drug-likeness (QED) is 0.301. The lowest BCUT2D eigenvalue weighted by Gasteiger charge is -2.31. The number of benzene rings is 1. The number of amides is 1. The number of carboxylic acids is 1. The predicted octanol–water partition coefficient (Wildman–Crippen LogP) is 0.758. The van der Waals surface area contributed by atoms with Crippen molar-refractivity contribution in [1.29, 1.82) is 0 Å².